The Hall–Kier alpha value is -2.74. The highest BCUT2D eigenvalue weighted by Gasteiger charge is 2.47. The van der Waals surface area contributed by atoms with Gasteiger partial charge in [-0.2, -0.15) is 0 Å². The Bertz CT molecular complexity index is 934. The molecule has 3 unspecified atom stereocenters. The maximum atomic E-state index is 2.56. The average molecular weight is 371 g/mol. The Morgan fingerprint density at radius 1 is 0.679 bits per heavy atom. The monoisotopic (exact) mass is 370 g/mol. The minimum Gasteiger partial charge on any atom is -0.318 e. The molecule has 2 nitrogen and oxygen atoms in total. The summed E-state index contributed by atoms with van der Waals surface area (Å²) < 4.78 is 0. The minimum absolute atomic E-state index is 0.314. The predicted molar refractivity (Wildman–Crippen MR) is 121 cm³/mol. The van der Waals surface area contributed by atoms with Crippen LogP contribution in [-0.4, -0.2) is 6.17 Å². The van der Waals surface area contributed by atoms with Crippen LogP contribution in [0.3, 0.4) is 0 Å². The van der Waals surface area contributed by atoms with Crippen LogP contribution in [-0.2, 0) is 0 Å². The third kappa shape index (κ3) is 2.71. The van der Waals surface area contributed by atoms with Crippen molar-refractivity contribution in [2.24, 2.45) is 5.92 Å². The first-order valence-corrected chi connectivity index (χ1v) is 10.6. The van der Waals surface area contributed by atoms with Crippen LogP contribution in [0.25, 0.3) is 0 Å². The summed E-state index contributed by atoms with van der Waals surface area (Å²) in [4.78, 5) is 5.10. The van der Waals surface area contributed by atoms with Crippen molar-refractivity contribution in [2.75, 3.05) is 9.80 Å². The van der Waals surface area contributed by atoms with Gasteiger partial charge in [-0.15, -0.1) is 0 Å². The maximum Gasteiger partial charge on any atom is 0.114 e. The Morgan fingerprint density at radius 2 is 1.21 bits per heavy atom. The molecule has 0 spiro atoms. The molecule has 0 radical (unpaired) electrons. The third-order valence-electron chi connectivity index (χ3n) is 6.10. The number of nitrogens with zero attached hydrogens (tertiary/aromatic N) is 2. The maximum absolute atomic E-state index is 2.56. The number of para-hydroxylation sites is 4. The molecule has 3 aromatic carbocycles. The molecule has 3 aromatic rings. The van der Waals surface area contributed by atoms with Crippen LogP contribution in [0.4, 0.5) is 22.7 Å². The largest absolute Gasteiger partial charge is 0.318 e. The second kappa shape index (κ2) is 7.71. The highest BCUT2D eigenvalue weighted by atomic mass is 15.4. The van der Waals surface area contributed by atoms with E-state index in [1.54, 1.807) is 0 Å². The summed E-state index contributed by atoms with van der Waals surface area (Å²) in [5.74, 6) is 1.11. The van der Waals surface area contributed by atoms with Crippen LogP contribution in [0, 0.1) is 5.92 Å². The number of fused-ring (bicyclic) bond motifs is 5. The molecule has 0 fully saturated rings. The minimum atomic E-state index is 0.314. The lowest BCUT2D eigenvalue weighted by molar-refractivity contribution is 0.361. The molecule has 0 saturated carbocycles. The molecular weight excluding hydrogens is 340 g/mol. The van der Waals surface area contributed by atoms with Gasteiger partial charge < -0.3 is 9.80 Å². The smallest absolute Gasteiger partial charge is 0.114 e. The van der Waals surface area contributed by atoms with Gasteiger partial charge in [0.25, 0.3) is 0 Å². The van der Waals surface area contributed by atoms with Gasteiger partial charge in [0.15, 0.2) is 0 Å². The Labute approximate surface area is 169 Å². The quantitative estimate of drug-likeness (QED) is 0.461. The average Bonchev–Trinajstić information content (AvgIpc) is 3.12. The lowest BCUT2D eigenvalue weighted by Crippen LogP contribution is -2.48. The highest BCUT2D eigenvalue weighted by Crippen LogP contribution is 2.56. The SMILES string of the molecule is CC.CCC1c2ccccc2N2c3ccccc3N(c3ccccc3)C2C1C. The first kappa shape index (κ1) is 18.6. The van der Waals surface area contributed by atoms with Crippen molar-refractivity contribution in [3.8, 4) is 0 Å². The fourth-order valence-corrected chi connectivity index (χ4v) is 5.00. The Kier molecular flexibility index (Phi) is 5.13. The van der Waals surface area contributed by atoms with E-state index in [0.717, 1.165) is 0 Å². The molecule has 0 saturated heterocycles. The van der Waals surface area contributed by atoms with Gasteiger partial charge in [0.05, 0.1) is 11.4 Å². The number of anilines is 4. The lowest BCUT2D eigenvalue weighted by Gasteiger charge is -2.45. The van der Waals surface area contributed by atoms with Gasteiger partial charge >= 0.3 is 0 Å². The molecule has 0 N–H and O–H groups in total. The predicted octanol–water partition coefficient (Wildman–Crippen LogP) is 7.47. The molecule has 28 heavy (non-hydrogen) atoms. The molecule has 0 amide bonds. The first-order chi connectivity index (χ1) is 13.8. The molecule has 0 aliphatic carbocycles. The molecular formula is C26H30N2. The first-order valence-electron chi connectivity index (χ1n) is 10.6. The zero-order valence-corrected chi connectivity index (χ0v) is 17.3. The van der Waals surface area contributed by atoms with Crippen LogP contribution in [0.2, 0.25) is 0 Å². The lowest BCUT2D eigenvalue weighted by atomic mass is 9.78. The van der Waals surface area contributed by atoms with Crippen LogP contribution < -0.4 is 9.80 Å². The second-order valence-electron chi connectivity index (χ2n) is 7.41. The number of rotatable bonds is 2. The zero-order valence-electron chi connectivity index (χ0n) is 17.3. The third-order valence-corrected chi connectivity index (χ3v) is 6.10. The van der Waals surface area contributed by atoms with E-state index >= 15 is 0 Å². The van der Waals surface area contributed by atoms with E-state index in [1.165, 1.54) is 34.7 Å². The fraction of sp³-hybridized carbons (Fsp3) is 0.308. The van der Waals surface area contributed by atoms with Crippen molar-refractivity contribution in [1.82, 2.24) is 0 Å². The molecule has 2 heterocycles. The summed E-state index contributed by atoms with van der Waals surface area (Å²) in [7, 11) is 0. The highest BCUT2D eigenvalue weighted by molar-refractivity contribution is 5.90. The molecule has 144 valence electrons. The van der Waals surface area contributed by atoms with Gasteiger partial charge in [-0.1, -0.05) is 76.2 Å². The molecule has 2 aliphatic heterocycles. The van der Waals surface area contributed by atoms with Gasteiger partial charge in [0.2, 0.25) is 0 Å². The van der Waals surface area contributed by atoms with Crippen molar-refractivity contribution in [3.63, 3.8) is 0 Å². The molecule has 3 atom stereocenters. The van der Waals surface area contributed by atoms with E-state index in [-0.39, 0.29) is 0 Å². The van der Waals surface area contributed by atoms with Gasteiger partial charge in [-0.05, 0) is 48.2 Å². The van der Waals surface area contributed by atoms with Crippen molar-refractivity contribution in [1.29, 1.82) is 0 Å². The van der Waals surface area contributed by atoms with Gasteiger partial charge in [-0.3, -0.25) is 0 Å². The van der Waals surface area contributed by atoms with E-state index in [1.807, 2.05) is 13.8 Å². The van der Waals surface area contributed by atoms with Gasteiger partial charge in [0, 0.05) is 17.3 Å². The summed E-state index contributed by atoms with van der Waals surface area (Å²) in [5.41, 5.74) is 6.75. The van der Waals surface area contributed by atoms with Crippen molar-refractivity contribution in [3.05, 3.63) is 84.4 Å². The van der Waals surface area contributed by atoms with E-state index in [2.05, 4.69) is 103 Å². The number of hydrogen-bond acceptors (Lipinski definition) is 2. The normalized spacial score (nSPS) is 21.9. The van der Waals surface area contributed by atoms with Gasteiger partial charge in [0.1, 0.15) is 6.17 Å². The Balaban J connectivity index is 0.000000932. The summed E-state index contributed by atoms with van der Waals surface area (Å²) in [5, 5.41) is 0. The van der Waals surface area contributed by atoms with Crippen LogP contribution >= 0.6 is 0 Å². The topological polar surface area (TPSA) is 6.48 Å². The number of benzene rings is 3. The van der Waals surface area contributed by atoms with Crippen LogP contribution in [0.1, 0.15) is 45.6 Å². The fourth-order valence-electron chi connectivity index (χ4n) is 5.00. The van der Waals surface area contributed by atoms with Crippen LogP contribution in [0.5, 0.6) is 0 Å². The van der Waals surface area contributed by atoms with E-state index in [9.17, 15) is 0 Å². The molecule has 2 aliphatic rings. The van der Waals surface area contributed by atoms with Gasteiger partial charge in [-0.25, -0.2) is 0 Å². The second-order valence-corrected chi connectivity index (χ2v) is 7.41. The standard InChI is InChI=1S/C24H24N2.C2H6/c1-3-19-17(2)24-25(18-11-5-4-6-12-18)22-15-9-10-16-23(22)26(24)21-14-8-7-13-20(19)21;1-2/h4-17,19,24H,3H2,1-2H3;1-2H3. The molecule has 2 heteroatoms. The summed E-state index contributed by atoms with van der Waals surface area (Å²) in [6, 6.07) is 28.6. The van der Waals surface area contributed by atoms with E-state index in [4.69, 9.17) is 0 Å². The van der Waals surface area contributed by atoms with E-state index < -0.39 is 0 Å². The summed E-state index contributed by atoms with van der Waals surface area (Å²) >= 11 is 0. The molecule has 0 aromatic heterocycles. The Morgan fingerprint density at radius 3 is 1.86 bits per heavy atom. The van der Waals surface area contributed by atoms with E-state index in [0.29, 0.717) is 18.0 Å². The van der Waals surface area contributed by atoms with Crippen molar-refractivity contribution < 1.29 is 0 Å². The molecule has 0 bridgehead atoms. The number of hydrogen-bond donors (Lipinski definition) is 0. The summed E-state index contributed by atoms with van der Waals surface area (Å²) in [6.07, 6.45) is 1.48. The molecule has 5 rings (SSSR count). The van der Waals surface area contributed by atoms with Crippen molar-refractivity contribution >= 4 is 22.7 Å². The zero-order chi connectivity index (χ0) is 19.7. The summed E-state index contributed by atoms with van der Waals surface area (Å²) in [6.45, 7) is 8.74. The van der Waals surface area contributed by atoms with Crippen molar-refractivity contribution in [2.45, 2.75) is 46.2 Å². The van der Waals surface area contributed by atoms with Crippen LogP contribution in [0.15, 0.2) is 78.9 Å².